The smallest absolute Gasteiger partial charge is 0.349 e. The third-order valence-electron chi connectivity index (χ3n) is 4.15. The number of pyridine rings is 1. The van der Waals surface area contributed by atoms with E-state index in [1.165, 1.54) is 11.0 Å². The molecule has 0 saturated heterocycles. The molecule has 0 fully saturated rings. The summed E-state index contributed by atoms with van der Waals surface area (Å²) in [5, 5.41) is 0.650. The standard InChI is InChI=1S/C21H20N2O5/c1-2-27-19(24)9-11-23(14-15-6-5-10-22-13-15)20(25)17-12-16-7-3-4-8-18(16)28-21(17)26/h3-8,10,12-13H,2,9,11,14H2,1H3. The molecule has 144 valence electrons. The van der Waals surface area contributed by atoms with Crippen LogP contribution in [-0.2, 0) is 16.1 Å². The number of carbonyl (C=O) groups is 2. The molecule has 7 heteroatoms. The third kappa shape index (κ3) is 4.62. The first-order chi connectivity index (χ1) is 13.6. The van der Waals surface area contributed by atoms with Crippen molar-refractivity contribution in [2.24, 2.45) is 0 Å². The summed E-state index contributed by atoms with van der Waals surface area (Å²) in [5.74, 6) is -0.912. The van der Waals surface area contributed by atoms with Crippen LogP contribution in [0.25, 0.3) is 11.0 Å². The highest BCUT2D eigenvalue weighted by atomic mass is 16.5. The van der Waals surface area contributed by atoms with E-state index in [1.54, 1.807) is 49.6 Å². The third-order valence-corrected chi connectivity index (χ3v) is 4.15. The minimum atomic E-state index is -0.712. The Morgan fingerprint density at radius 3 is 2.75 bits per heavy atom. The number of fused-ring (bicyclic) bond motifs is 1. The lowest BCUT2D eigenvalue weighted by Gasteiger charge is -2.22. The minimum absolute atomic E-state index is 0.0265. The number of hydrogen-bond donors (Lipinski definition) is 0. The van der Waals surface area contributed by atoms with Crippen molar-refractivity contribution in [3.63, 3.8) is 0 Å². The van der Waals surface area contributed by atoms with Crippen LogP contribution in [-0.4, -0.2) is 34.9 Å². The Morgan fingerprint density at radius 1 is 1.18 bits per heavy atom. The molecular formula is C21H20N2O5. The van der Waals surface area contributed by atoms with E-state index in [-0.39, 0.29) is 31.7 Å². The highest BCUT2D eigenvalue weighted by Gasteiger charge is 2.22. The molecule has 2 heterocycles. The quantitative estimate of drug-likeness (QED) is 0.462. The van der Waals surface area contributed by atoms with E-state index in [4.69, 9.17) is 9.15 Å². The summed E-state index contributed by atoms with van der Waals surface area (Å²) in [4.78, 5) is 42.6. The second-order valence-electron chi connectivity index (χ2n) is 6.13. The minimum Gasteiger partial charge on any atom is -0.466 e. The molecule has 0 spiro atoms. The van der Waals surface area contributed by atoms with E-state index in [9.17, 15) is 14.4 Å². The fourth-order valence-corrected chi connectivity index (χ4v) is 2.81. The van der Waals surface area contributed by atoms with E-state index in [0.29, 0.717) is 11.0 Å². The fraction of sp³-hybridized carbons (Fsp3) is 0.238. The summed E-state index contributed by atoms with van der Waals surface area (Å²) in [5.41, 5.74) is 0.404. The molecule has 3 aromatic rings. The number of nitrogens with zero attached hydrogens (tertiary/aromatic N) is 2. The van der Waals surface area contributed by atoms with Gasteiger partial charge in [-0.3, -0.25) is 14.6 Å². The molecule has 0 aliphatic rings. The Labute approximate surface area is 161 Å². The highest BCUT2D eigenvalue weighted by molar-refractivity contribution is 5.96. The van der Waals surface area contributed by atoms with Crippen molar-refractivity contribution in [3.05, 3.63) is 76.4 Å². The molecule has 1 aromatic carbocycles. The Bertz CT molecular complexity index is 1030. The first-order valence-corrected chi connectivity index (χ1v) is 8.95. The van der Waals surface area contributed by atoms with Gasteiger partial charge >= 0.3 is 11.6 Å². The van der Waals surface area contributed by atoms with Crippen LogP contribution in [0, 0.1) is 0 Å². The molecule has 0 aliphatic heterocycles. The van der Waals surface area contributed by atoms with Gasteiger partial charge in [0.05, 0.1) is 13.0 Å². The van der Waals surface area contributed by atoms with E-state index in [1.807, 2.05) is 6.07 Å². The molecule has 1 amide bonds. The van der Waals surface area contributed by atoms with Crippen molar-refractivity contribution in [1.82, 2.24) is 9.88 Å². The summed E-state index contributed by atoms with van der Waals surface area (Å²) in [6.45, 7) is 2.30. The van der Waals surface area contributed by atoms with E-state index >= 15 is 0 Å². The molecule has 0 saturated carbocycles. The van der Waals surface area contributed by atoms with Crippen LogP contribution < -0.4 is 5.63 Å². The molecule has 28 heavy (non-hydrogen) atoms. The topological polar surface area (TPSA) is 89.7 Å². The van der Waals surface area contributed by atoms with E-state index in [0.717, 1.165) is 5.56 Å². The molecule has 0 bridgehead atoms. The summed E-state index contributed by atoms with van der Waals surface area (Å²) >= 11 is 0. The molecule has 0 atom stereocenters. The maximum atomic E-state index is 13.1. The second-order valence-corrected chi connectivity index (χ2v) is 6.13. The molecule has 0 unspecified atom stereocenters. The fourth-order valence-electron chi connectivity index (χ4n) is 2.81. The van der Waals surface area contributed by atoms with Gasteiger partial charge in [0.1, 0.15) is 11.1 Å². The Hall–Kier alpha value is -3.48. The number of amides is 1. The van der Waals surface area contributed by atoms with Crippen molar-refractivity contribution < 1.29 is 18.7 Å². The number of ether oxygens (including phenoxy) is 1. The van der Waals surface area contributed by atoms with Crippen LogP contribution in [0.5, 0.6) is 0 Å². The van der Waals surface area contributed by atoms with Crippen LogP contribution in [0.3, 0.4) is 0 Å². The predicted octanol–water partition coefficient (Wildman–Crippen LogP) is 2.78. The van der Waals surface area contributed by atoms with Gasteiger partial charge in [0.15, 0.2) is 0 Å². The number of esters is 1. The normalized spacial score (nSPS) is 10.6. The van der Waals surface area contributed by atoms with Gasteiger partial charge in [0.2, 0.25) is 0 Å². The van der Waals surface area contributed by atoms with Gasteiger partial charge in [-0.1, -0.05) is 24.3 Å². The zero-order valence-corrected chi connectivity index (χ0v) is 15.5. The Kier molecular flexibility index (Phi) is 6.16. The first kappa shape index (κ1) is 19.3. The molecule has 2 aromatic heterocycles. The number of aromatic nitrogens is 1. The maximum Gasteiger partial charge on any atom is 0.349 e. The van der Waals surface area contributed by atoms with Gasteiger partial charge in [-0.2, -0.15) is 0 Å². The SMILES string of the molecule is CCOC(=O)CCN(Cc1cccnc1)C(=O)c1cc2ccccc2oc1=O. The zero-order chi connectivity index (χ0) is 19.9. The lowest BCUT2D eigenvalue weighted by atomic mass is 10.1. The molecule has 0 N–H and O–H groups in total. The number of para-hydroxylation sites is 1. The van der Waals surface area contributed by atoms with Crippen LogP contribution >= 0.6 is 0 Å². The van der Waals surface area contributed by atoms with Crippen LogP contribution in [0.15, 0.2) is 64.1 Å². The zero-order valence-electron chi connectivity index (χ0n) is 15.5. The number of benzene rings is 1. The molecular weight excluding hydrogens is 360 g/mol. The van der Waals surface area contributed by atoms with Crippen LogP contribution in [0.2, 0.25) is 0 Å². The molecule has 0 radical (unpaired) electrons. The average molecular weight is 380 g/mol. The van der Waals surface area contributed by atoms with Crippen molar-refractivity contribution in [2.45, 2.75) is 19.9 Å². The van der Waals surface area contributed by atoms with Crippen molar-refractivity contribution in [2.75, 3.05) is 13.2 Å². The van der Waals surface area contributed by atoms with Crippen LogP contribution in [0.1, 0.15) is 29.3 Å². The summed E-state index contributed by atoms with van der Waals surface area (Å²) in [6.07, 6.45) is 3.29. The van der Waals surface area contributed by atoms with Gasteiger partial charge in [-0.25, -0.2) is 4.79 Å². The molecule has 0 aliphatic carbocycles. The van der Waals surface area contributed by atoms with Crippen molar-refractivity contribution in [1.29, 1.82) is 0 Å². The summed E-state index contributed by atoms with van der Waals surface area (Å²) in [6, 6.07) is 12.1. The maximum absolute atomic E-state index is 13.1. The predicted molar refractivity (Wildman–Crippen MR) is 103 cm³/mol. The second kappa shape index (κ2) is 8.94. The van der Waals surface area contributed by atoms with Gasteiger partial charge in [0, 0.05) is 30.9 Å². The van der Waals surface area contributed by atoms with Gasteiger partial charge < -0.3 is 14.1 Å². The van der Waals surface area contributed by atoms with Gasteiger partial charge in [0.25, 0.3) is 5.91 Å². The number of carbonyl (C=O) groups excluding carboxylic acids is 2. The average Bonchev–Trinajstić information content (AvgIpc) is 2.71. The summed E-state index contributed by atoms with van der Waals surface area (Å²) in [7, 11) is 0. The first-order valence-electron chi connectivity index (χ1n) is 8.95. The summed E-state index contributed by atoms with van der Waals surface area (Å²) < 4.78 is 10.2. The van der Waals surface area contributed by atoms with Crippen molar-refractivity contribution in [3.8, 4) is 0 Å². The van der Waals surface area contributed by atoms with Gasteiger partial charge in [-0.05, 0) is 30.7 Å². The lowest BCUT2D eigenvalue weighted by molar-refractivity contribution is -0.143. The Balaban J connectivity index is 1.89. The largest absolute Gasteiger partial charge is 0.466 e. The molecule has 3 rings (SSSR count). The number of rotatable bonds is 7. The van der Waals surface area contributed by atoms with Crippen LogP contribution in [0.4, 0.5) is 0 Å². The molecule has 7 nitrogen and oxygen atoms in total. The lowest BCUT2D eigenvalue weighted by Crippen LogP contribution is -2.35. The Morgan fingerprint density at radius 2 is 2.00 bits per heavy atom. The van der Waals surface area contributed by atoms with E-state index < -0.39 is 17.5 Å². The van der Waals surface area contributed by atoms with Crippen molar-refractivity contribution >= 4 is 22.8 Å². The van der Waals surface area contributed by atoms with Gasteiger partial charge in [-0.15, -0.1) is 0 Å². The van der Waals surface area contributed by atoms with E-state index in [2.05, 4.69) is 4.98 Å². The number of hydrogen-bond acceptors (Lipinski definition) is 6. The highest BCUT2D eigenvalue weighted by Crippen LogP contribution is 2.15. The monoisotopic (exact) mass is 380 g/mol.